The van der Waals surface area contributed by atoms with Crippen LogP contribution in [0.2, 0.25) is 0 Å². The van der Waals surface area contributed by atoms with E-state index in [-0.39, 0.29) is 23.7 Å². The topological polar surface area (TPSA) is 75.7 Å². The van der Waals surface area contributed by atoms with Crippen LogP contribution in [-0.2, 0) is 26.1 Å². The zero-order chi connectivity index (χ0) is 19.7. The van der Waals surface area contributed by atoms with Crippen LogP contribution in [0.4, 0.5) is 0 Å². The lowest BCUT2D eigenvalue weighted by atomic mass is 9.81. The van der Waals surface area contributed by atoms with Gasteiger partial charge in [0.1, 0.15) is 4.21 Å². The van der Waals surface area contributed by atoms with Crippen LogP contribution in [0.15, 0.2) is 33.2 Å². The third-order valence-electron chi connectivity index (χ3n) is 5.60. The fraction of sp³-hybridized carbons (Fsp3) is 0.526. The number of nitrogens with zero attached hydrogens (tertiary/aromatic N) is 1. The molecule has 1 N–H and O–H groups in total. The molecule has 6 nitrogen and oxygen atoms in total. The van der Waals surface area contributed by atoms with Gasteiger partial charge in [0.25, 0.3) is 10.0 Å². The molecule has 0 bridgehead atoms. The molecule has 0 unspecified atom stereocenters. The highest BCUT2D eigenvalue weighted by Gasteiger charge is 2.45. The number of ether oxygens (including phenoxy) is 1. The zero-order valence-corrected chi connectivity index (χ0v) is 18.1. The van der Waals surface area contributed by atoms with Gasteiger partial charge in [-0.15, -0.1) is 22.7 Å². The Morgan fingerprint density at radius 1 is 1.25 bits per heavy atom. The summed E-state index contributed by atoms with van der Waals surface area (Å²) in [5, 5.41) is 6.77. The van der Waals surface area contributed by atoms with Gasteiger partial charge in [-0.3, -0.25) is 4.79 Å². The van der Waals surface area contributed by atoms with Gasteiger partial charge in [-0.25, -0.2) is 8.42 Å². The van der Waals surface area contributed by atoms with Gasteiger partial charge in [-0.2, -0.15) is 4.31 Å². The lowest BCUT2D eigenvalue weighted by molar-refractivity contribution is -0.124. The molecular formula is C19H24N2O4S3. The largest absolute Gasteiger partial charge is 0.381 e. The van der Waals surface area contributed by atoms with Crippen LogP contribution in [0.1, 0.15) is 16.9 Å². The van der Waals surface area contributed by atoms with E-state index in [0.29, 0.717) is 43.5 Å². The van der Waals surface area contributed by atoms with E-state index in [1.165, 1.54) is 11.3 Å². The maximum absolute atomic E-state index is 13.0. The quantitative estimate of drug-likeness (QED) is 0.749. The first-order valence-corrected chi connectivity index (χ1v) is 12.6. The summed E-state index contributed by atoms with van der Waals surface area (Å²) in [5.74, 6) is 0.361. The van der Waals surface area contributed by atoms with Crippen molar-refractivity contribution in [1.82, 2.24) is 9.62 Å². The maximum Gasteiger partial charge on any atom is 0.252 e. The third kappa shape index (κ3) is 4.04. The summed E-state index contributed by atoms with van der Waals surface area (Å²) in [6, 6.07) is 5.80. The Labute approximate surface area is 173 Å². The van der Waals surface area contributed by atoms with Gasteiger partial charge in [0, 0.05) is 30.3 Å². The minimum absolute atomic E-state index is 0.00180. The number of carbonyl (C=O) groups excluding carboxylic acids is 1. The van der Waals surface area contributed by atoms with Crippen molar-refractivity contribution < 1.29 is 17.9 Å². The van der Waals surface area contributed by atoms with Gasteiger partial charge in [-0.05, 0) is 47.2 Å². The van der Waals surface area contributed by atoms with Crippen molar-refractivity contribution in [3.05, 3.63) is 39.4 Å². The molecule has 4 rings (SSSR count). The zero-order valence-electron chi connectivity index (χ0n) is 15.7. The molecule has 0 aromatic carbocycles. The molecule has 2 aromatic rings. The van der Waals surface area contributed by atoms with Gasteiger partial charge in [0.15, 0.2) is 0 Å². The number of hydrogen-bond donors (Lipinski definition) is 1. The lowest BCUT2D eigenvalue weighted by Crippen LogP contribution is -2.38. The van der Waals surface area contributed by atoms with Crippen LogP contribution >= 0.6 is 22.7 Å². The Morgan fingerprint density at radius 2 is 2.11 bits per heavy atom. The molecule has 2 aromatic heterocycles. The van der Waals surface area contributed by atoms with Crippen molar-refractivity contribution in [3.63, 3.8) is 0 Å². The summed E-state index contributed by atoms with van der Waals surface area (Å²) in [6.45, 7) is 4.38. The average molecular weight is 441 g/mol. The Bertz CT molecular complexity index is 923. The first-order valence-electron chi connectivity index (χ1n) is 9.36. The molecule has 3 atom stereocenters. The standard InChI is InChI=1S/C19H24N2O4S3/c1-13-4-6-27-19(13)28(23,24)21-9-15-12-25-11-14(17(15)10-21)7-18(22)20-8-16-3-2-5-26-16/h2-6,14-15,17H,7-12H2,1H3,(H,20,22)/t14-,15-,17+/m1/s1. The molecule has 4 heterocycles. The number of thiophene rings is 2. The van der Waals surface area contributed by atoms with Crippen LogP contribution in [0.5, 0.6) is 0 Å². The van der Waals surface area contributed by atoms with E-state index >= 15 is 0 Å². The second-order valence-electron chi connectivity index (χ2n) is 7.49. The van der Waals surface area contributed by atoms with Crippen LogP contribution in [-0.4, -0.2) is 44.9 Å². The smallest absolute Gasteiger partial charge is 0.252 e. The molecule has 0 saturated carbocycles. The third-order valence-corrected chi connectivity index (χ3v) is 9.98. The number of fused-ring (bicyclic) bond motifs is 1. The maximum atomic E-state index is 13.0. The number of nitrogens with one attached hydrogen (secondary N) is 1. The first-order chi connectivity index (χ1) is 13.4. The summed E-state index contributed by atoms with van der Waals surface area (Å²) in [6.07, 6.45) is 0.373. The summed E-state index contributed by atoms with van der Waals surface area (Å²) in [7, 11) is -3.48. The lowest BCUT2D eigenvalue weighted by Gasteiger charge is -2.32. The molecule has 2 aliphatic heterocycles. The minimum Gasteiger partial charge on any atom is -0.381 e. The Hall–Kier alpha value is -1.26. The van der Waals surface area contributed by atoms with Crippen molar-refractivity contribution in [2.75, 3.05) is 26.3 Å². The van der Waals surface area contributed by atoms with Gasteiger partial charge >= 0.3 is 0 Å². The molecule has 1 amide bonds. The summed E-state index contributed by atoms with van der Waals surface area (Å²) in [4.78, 5) is 13.5. The molecule has 2 fully saturated rings. The second kappa shape index (κ2) is 8.23. The van der Waals surface area contributed by atoms with E-state index in [9.17, 15) is 13.2 Å². The number of amides is 1. The predicted molar refractivity (Wildman–Crippen MR) is 110 cm³/mol. The number of hydrogen-bond acceptors (Lipinski definition) is 6. The van der Waals surface area contributed by atoms with Crippen molar-refractivity contribution in [3.8, 4) is 0 Å². The van der Waals surface area contributed by atoms with Crippen LogP contribution in [0.3, 0.4) is 0 Å². The molecule has 28 heavy (non-hydrogen) atoms. The summed E-state index contributed by atoms with van der Waals surface area (Å²) in [5.41, 5.74) is 0.792. The van der Waals surface area contributed by atoms with E-state index in [2.05, 4.69) is 5.32 Å². The van der Waals surface area contributed by atoms with Crippen molar-refractivity contribution in [2.45, 2.75) is 24.1 Å². The van der Waals surface area contributed by atoms with Crippen molar-refractivity contribution in [1.29, 1.82) is 0 Å². The normalized spacial score (nSPS) is 25.5. The van der Waals surface area contributed by atoms with Gasteiger partial charge in [-0.1, -0.05) is 6.07 Å². The SMILES string of the molecule is Cc1ccsc1S(=O)(=O)N1C[C@@H]2COC[C@@H](CC(=O)NCc3cccs3)[C@@H]2C1. The number of rotatable bonds is 6. The molecule has 0 radical (unpaired) electrons. The molecule has 2 aliphatic rings. The van der Waals surface area contributed by atoms with Crippen molar-refractivity contribution in [2.24, 2.45) is 17.8 Å². The second-order valence-corrected chi connectivity index (χ2v) is 11.6. The molecule has 2 saturated heterocycles. The highest BCUT2D eigenvalue weighted by Crippen LogP contribution is 2.39. The number of aryl methyl sites for hydroxylation is 1. The van der Waals surface area contributed by atoms with E-state index in [0.717, 1.165) is 10.4 Å². The van der Waals surface area contributed by atoms with E-state index in [1.807, 2.05) is 35.9 Å². The van der Waals surface area contributed by atoms with Crippen molar-refractivity contribution >= 4 is 38.6 Å². The first kappa shape index (κ1) is 20.0. The van der Waals surface area contributed by atoms with Gasteiger partial charge in [0.05, 0.1) is 19.8 Å². The highest BCUT2D eigenvalue weighted by atomic mass is 32.2. The molecule has 0 spiro atoms. The van der Waals surface area contributed by atoms with E-state index in [4.69, 9.17) is 4.74 Å². The number of carbonyl (C=O) groups is 1. The predicted octanol–water partition coefficient (Wildman–Crippen LogP) is 2.71. The van der Waals surface area contributed by atoms with E-state index < -0.39 is 10.0 Å². The Kier molecular flexibility index (Phi) is 5.89. The monoisotopic (exact) mass is 440 g/mol. The Morgan fingerprint density at radius 3 is 2.82 bits per heavy atom. The minimum atomic E-state index is -3.48. The fourth-order valence-electron chi connectivity index (χ4n) is 4.12. The van der Waals surface area contributed by atoms with Gasteiger partial charge < -0.3 is 10.1 Å². The van der Waals surface area contributed by atoms with Gasteiger partial charge in [0.2, 0.25) is 5.91 Å². The molecule has 152 valence electrons. The van der Waals surface area contributed by atoms with Crippen LogP contribution < -0.4 is 5.32 Å². The number of sulfonamides is 1. The van der Waals surface area contributed by atoms with Crippen LogP contribution in [0.25, 0.3) is 0 Å². The Balaban J connectivity index is 1.40. The average Bonchev–Trinajstić information content (AvgIpc) is 3.40. The molecule has 0 aliphatic carbocycles. The van der Waals surface area contributed by atoms with Crippen LogP contribution in [0, 0.1) is 24.7 Å². The molecule has 9 heteroatoms. The fourth-order valence-corrected chi connectivity index (χ4v) is 7.85. The summed E-state index contributed by atoms with van der Waals surface area (Å²) >= 11 is 2.89. The summed E-state index contributed by atoms with van der Waals surface area (Å²) < 4.78 is 33.8. The van der Waals surface area contributed by atoms with E-state index in [1.54, 1.807) is 15.6 Å². The molecular weight excluding hydrogens is 416 g/mol. The highest BCUT2D eigenvalue weighted by molar-refractivity contribution is 7.91.